The Balaban J connectivity index is 1.40. The molecular weight excluding hydrogens is 474 g/mol. The Labute approximate surface area is 201 Å². The Morgan fingerprint density at radius 1 is 0.939 bits per heavy atom. The maximum atomic E-state index is 5.73. The molecule has 5 aromatic rings. The highest BCUT2D eigenvalue weighted by molar-refractivity contribution is 9.10. The lowest BCUT2D eigenvalue weighted by atomic mass is 9.95. The number of benzene rings is 4. The average Bonchev–Trinajstić information content (AvgIpc) is 3.34. The van der Waals surface area contributed by atoms with Gasteiger partial charge < -0.3 is 9.84 Å². The van der Waals surface area contributed by atoms with E-state index in [-0.39, 0.29) is 5.92 Å². The molecule has 1 unspecified atom stereocenters. The van der Waals surface area contributed by atoms with Gasteiger partial charge in [-0.2, -0.15) is 4.98 Å². The van der Waals surface area contributed by atoms with Crippen LogP contribution >= 0.6 is 15.9 Å². The lowest BCUT2D eigenvalue weighted by molar-refractivity contribution is 0.371. The van der Waals surface area contributed by atoms with Gasteiger partial charge in [-0.3, -0.25) is 0 Å². The summed E-state index contributed by atoms with van der Waals surface area (Å²) >= 11 is 3.48. The van der Waals surface area contributed by atoms with Gasteiger partial charge in [0, 0.05) is 22.3 Å². The van der Waals surface area contributed by atoms with E-state index >= 15 is 0 Å². The third-order valence-corrected chi connectivity index (χ3v) is 6.52. The fourth-order valence-electron chi connectivity index (χ4n) is 4.06. The minimum absolute atomic E-state index is 0.00336. The first-order valence-electron chi connectivity index (χ1n) is 11.0. The normalized spacial score (nSPS) is 12.1. The molecule has 0 bridgehead atoms. The topological polar surface area (TPSA) is 51.0 Å². The van der Waals surface area contributed by atoms with E-state index in [1.165, 1.54) is 21.9 Å². The molecule has 1 heterocycles. The molecule has 0 saturated heterocycles. The highest BCUT2D eigenvalue weighted by Gasteiger charge is 2.20. The summed E-state index contributed by atoms with van der Waals surface area (Å²) in [6.07, 6.45) is 0. The summed E-state index contributed by atoms with van der Waals surface area (Å²) < 4.78 is 6.81. The van der Waals surface area contributed by atoms with Gasteiger partial charge in [-0.1, -0.05) is 81.8 Å². The first kappa shape index (κ1) is 21.4. The van der Waals surface area contributed by atoms with Crippen molar-refractivity contribution >= 4 is 32.4 Å². The molecular formula is C28H24BrN3O. The first-order valence-corrected chi connectivity index (χ1v) is 11.8. The van der Waals surface area contributed by atoms with Gasteiger partial charge in [0.25, 0.3) is 0 Å². The molecule has 1 atom stereocenters. The number of hydrogen-bond donors (Lipinski definition) is 1. The molecule has 164 valence electrons. The second kappa shape index (κ2) is 9.20. The Bertz CT molecular complexity index is 1400. The summed E-state index contributed by atoms with van der Waals surface area (Å²) in [6.45, 7) is 4.92. The minimum Gasteiger partial charge on any atom is -0.381 e. The van der Waals surface area contributed by atoms with Crippen LogP contribution in [0.4, 0.5) is 5.69 Å². The second-order valence-electron chi connectivity index (χ2n) is 8.26. The van der Waals surface area contributed by atoms with Gasteiger partial charge in [-0.25, -0.2) is 0 Å². The van der Waals surface area contributed by atoms with Crippen molar-refractivity contribution in [3.8, 4) is 11.4 Å². The van der Waals surface area contributed by atoms with Crippen molar-refractivity contribution in [2.24, 2.45) is 0 Å². The SMILES string of the molecule is Cc1ccc(NCc2ccc(Br)cc2)cc1-c1noc(C(C)c2cccc3ccccc23)n1. The molecule has 4 nitrogen and oxygen atoms in total. The van der Waals surface area contributed by atoms with Gasteiger partial charge in [0.2, 0.25) is 11.7 Å². The van der Waals surface area contributed by atoms with Crippen LogP contribution in [-0.2, 0) is 6.54 Å². The minimum atomic E-state index is -0.00336. The summed E-state index contributed by atoms with van der Waals surface area (Å²) in [5, 5.41) is 10.2. The van der Waals surface area contributed by atoms with Crippen LogP contribution in [0.5, 0.6) is 0 Å². The van der Waals surface area contributed by atoms with Gasteiger partial charge in [0.15, 0.2) is 0 Å². The maximum absolute atomic E-state index is 5.73. The zero-order valence-corrected chi connectivity index (χ0v) is 20.1. The Kier molecular flexibility index (Phi) is 5.97. The molecule has 0 fully saturated rings. The molecule has 5 heteroatoms. The van der Waals surface area contributed by atoms with E-state index in [1.54, 1.807) is 0 Å². The Morgan fingerprint density at radius 2 is 1.73 bits per heavy atom. The molecule has 5 rings (SSSR count). The van der Waals surface area contributed by atoms with Crippen LogP contribution in [0.25, 0.3) is 22.2 Å². The highest BCUT2D eigenvalue weighted by Crippen LogP contribution is 2.32. The zero-order valence-electron chi connectivity index (χ0n) is 18.5. The summed E-state index contributed by atoms with van der Waals surface area (Å²) in [6, 6.07) is 29.3. The fraction of sp³-hybridized carbons (Fsp3) is 0.143. The summed E-state index contributed by atoms with van der Waals surface area (Å²) in [7, 11) is 0. The average molecular weight is 498 g/mol. The van der Waals surface area contributed by atoms with E-state index in [4.69, 9.17) is 9.51 Å². The van der Waals surface area contributed by atoms with Crippen LogP contribution in [0.3, 0.4) is 0 Å². The van der Waals surface area contributed by atoms with Crippen molar-refractivity contribution in [3.63, 3.8) is 0 Å². The first-order chi connectivity index (χ1) is 16.1. The number of nitrogens with zero attached hydrogens (tertiary/aromatic N) is 2. The van der Waals surface area contributed by atoms with Crippen LogP contribution in [-0.4, -0.2) is 10.1 Å². The number of aryl methyl sites for hydroxylation is 1. The van der Waals surface area contributed by atoms with Crippen LogP contribution in [0.15, 0.2) is 93.9 Å². The fourth-order valence-corrected chi connectivity index (χ4v) is 4.33. The molecule has 0 radical (unpaired) electrons. The Morgan fingerprint density at radius 3 is 2.58 bits per heavy atom. The van der Waals surface area contributed by atoms with E-state index < -0.39 is 0 Å². The number of halogens is 1. The maximum Gasteiger partial charge on any atom is 0.234 e. The van der Waals surface area contributed by atoms with E-state index in [2.05, 4.69) is 125 Å². The molecule has 0 saturated carbocycles. The van der Waals surface area contributed by atoms with Crippen molar-refractivity contribution in [1.29, 1.82) is 0 Å². The lowest BCUT2D eigenvalue weighted by Crippen LogP contribution is -2.00. The Hall–Kier alpha value is -3.44. The van der Waals surface area contributed by atoms with Gasteiger partial charge in [-0.05, 0) is 65.6 Å². The molecule has 1 aromatic heterocycles. The molecule has 4 aromatic carbocycles. The molecule has 0 aliphatic carbocycles. The molecule has 1 N–H and O–H groups in total. The quantitative estimate of drug-likeness (QED) is 0.260. The van der Waals surface area contributed by atoms with Crippen LogP contribution < -0.4 is 5.32 Å². The van der Waals surface area contributed by atoms with Crippen LogP contribution in [0.1, 0.15) is 35.4 Å². The number of rotatable bonds is 6. The standard InChI is InChI=1S/C28H24BrN3O/c1-18-10-15-23(30-17-20-11-13-22(29)14-12-20)16-26(18)27-31-28(33-32-27)19(2)24-9-5-7-21-6-3-4-8-25(21)24/h3-16,19,30H,17H2,1-2H3. The summed E-state index contributed by atoms with van der Waals surface area (Å²) in [4.78, 5) is 4.78. The lowest BCUT2D eigenvalue weighted by Gasteiger charge is -2.11. The number of nitrogens with one attached hydrogen (secondary N) is 1. The van der Waals surface area contributed by atoms with Crippen LogP contribution in [0, 0.1) is 6.92 Å². The van der Waals surface area contributed by atoms with E-state index in [9.17, 15) is 0 Å². The molecule has 0 aliphatic heterocycles. The predicted octanol–water partition coefficient (Wildman–Crippen LogP) is 7.72. The second-order valence-corrected chi connectivity index (χ2v) is 9.17. The van der Waals surface area contributed by atoms with Gasteiger partial charge in [0.1, 0.15) is 0 Å². The number of aromatic nitrogens is 2. The zero-order chi connectivity index (χ0) is 22.8. The monoisotopic (exact) mass is 497 g/mol. The van der Waals surface area contributed by atoms with E-state index in [0.717, 1.165) is 27.8 Å². The van der Waals surface area contributed by atoms with Crippen molar-refractivity contribution in [3.05, 3.63) is 112 Å². The molecule has 0 aliphatic rings. The van der Waals surface area contributed by atoms with E-state index in [1.807, 2.05) is 0 Å². The van der Waals surface area contributed by atoms with Gasteiger partial charge in [0.05, 0.1) is 5.92 Å². The van der Waals surface area contributed by atoms with Crippen LogP contribution in [0.2, 0.25) is 0 Å². The molecule has 33 heavy (non-hydrogen) atoms. The largest absolute Gasteiger partial charge is 0.381 e. The smallest absolute Gasteiger partial charge is 0.234 e. The molecule has 0 amide bonds. The summed E-state index contributed by atoms with van der Waals surface area (Å²) in [5.41, 5.74) is 5.49. The number of hydrogen-bond acceptors (Lipinski definition) is 4. The van der Waals surface area contributed by atoms with Crippen molar-refractivity contribution in [1.82, 2.24) is 10.1 Å². The number of fused-ring (bicyclic) bond motifs is 1. The third kappa shape index (κ3) is 4.55. The molecule has 0 spiro atoms. The van der Waals surface area contributed by atoms with Crippen molar-refractivity contribution in [2.75, 3.05) is 5.32 Å². The van der Waals surface area contributed by atoms with Crippen molar-refractivity contribution < 1.29 is 4.52 Å². The number of anilines is 1. The van der Waals surface area contributed by atoms with Gasteiger partial charge in [-0.15, -0.1) is 0 Å². The van der Waals surface area contributed by atoms with Crippen molar-refractivity contribution in [2.45, 2.75) is 26.3 Å². The highest BCUT2D eigenvalue weighted by atomic mass is 79.9. The van der Waals surface area contributed by atoms with Gasteiger partial charge >= 0.3 is 0 Å². The van der Waals surface area contributed by atoms with E-state index in [0.29, 0.717) is 11.7 Å². The summed E-state index contributed by atoms with van der Waals surface area (Å²) in [5.74, 6) is 1.23. The third-order valence-electron chi connectivity index (χ3n) is 5.99. The predicted molar refractivity (Wildman–Crippen MR) is 137 cm³/mol.